The fraction of sp³-hybridized carbons (Fsp3) is 0.500. The third kappa shape index (κ3) is 4.57. The molecule has 94 valence electrons. The summed E-state index contributed by atoms with van der Waals surface area (Å²) in [6.45, 7) is 4.26. The van der Waals surface area contributed by atoms with E-state index in [9.17, 15) is 4.79 Å². The number of esters is 1. The van der Waals surface area contributed by atoms with Gasteiger partial charge in [-0.2, -0.15) is 0 Å². The van der Waals surface area contributed by atoms with Crippen LogP contribution in [0.1, 0.15) is 38.3 Å². The number of quaternary nitrogens is 1. The quantitative estimate of drug-likeness (QED) is 0.763. The average Bonchev–Trinajstić information content (AvgIpc) is 2.38. The molecule has 0 aliphatic rings. The summed E-state index contributed by atoms with van der Waals surface area (Å²) in [6.07, 6.45) is 1.44. The molecule has 3 nitrogen and oxygen atoms in total. The van der Waals surface area contributed by atoms with Gasteiger partial charge in [0, 0.05) is 5.56 Å². The molecule has 3 heteroatoms. The summed E-state index contributed by atoms with van der Waals surface area (Å²) in [6, 6.07) is 11.0. The first-order chi connectivity index (χ1) is 8.17. The first-order valence-electron chi connectivity index (χ1n) is 6.14. The molecular formula is C14H22NO2+. The lowest BCUT2D eigenvalue weighted by molar-refractivity contribution is -0.724. The SMILES string of the molecule is CCC(CC(=O)OC)[NH2+]C(C)c1ccccc1. The van der Waals surface area contributed by atoms with Crippen molar-refractivity contribution in [2.45, 2.75) is 38.8 Å². The van der Waals surface area contributed by atoms with Crippen molar-refractivity contribution in [1.29, 1.82) is 0 Å². The van der Waals surface area contributed by atoms with E-state index in [-0.39, 0.29) is 12.0 Å². The minimum absolute atomic E-state index is 0.131. The Hall–Kier alpha value is -1.35. The van der Waals surface area contributed by atoms with E-state index in [0.717, 1.165) is 6.42 Å². The van der Waals surface area contributed by atoms with Crippen molar-refractivity contribution < 1.29 is 14.8 Å². The zero-order chi connectivity index (χ0) is 12.7. The molecule has 0 aromatic heterocycles. The van der Waals surface area contributed by atoms with E-state index >= 15 is 0 Å². The molecule has 0 spiro atoms. The highest BCUT2D eigenvalue weighted by Gasteiger charge is 2.19. The molecular weight excluding hydrogens is 214 g/mol. The predicted octanol–water partition coefficient (Wildman–Crippen LogP) is 1.65. The number of hydrogen-bond acceptors (Lipinski definition) is 2. The fourth-order valence-electron chi connectivity index (χ4n) is 1.92. The second-order valence-electron chi connectivity index (χ2n) is 4.34. The van der Waals surface area contributed by atoms with Gasteiger partial charge in [-0.3, -0.25) is 4.79 Å². The van der Waals surface area contributed by atoms with Crippen molar-refractivity contribution in [3.63, 3.8) is 0 Å². The number of ether oxygens (including phenoxy) is 1. The molecule has 1 aromatic carbocycles. The molecule has 2 N–H and O–H groups in total. The lowest BCUT2D eigenvalue weighted by atomic mass is 10.1. The Kier molecular flexibility index (Phi) is 5.70. The minimum atomic E-state index is -0.131. The lowest BCUT2D eigenvalue weighted by Gasteiger charge is -2.18. The van der Waals surface area contributed by atoms with Gasteiger partial charge in [-0.25, -0.2) is 0 Å². The van der Waals surface area contributed by atoms with Crippen molar-refractivity contribution in [1.82, 2.24) is 0 Å². The van der Waals surface area contributed by atoms with E-state index < -0.39 is 0 Å². The van der Waals surface area contributed by atoms with E-state index in [1.807, 2.05) is 18.2 Å². The Labute approximate surface area is 103 Å². The molecule has 0 amide bonds. The van der Waals surface area contributed by atoms with E-state index in [2.05, 4.69) is 31.3 Å². The molecule has 0 saturated heterocycles. The first kappa shape index (κ1) is 13.7. The third-order valence-corrected chi connectivity index (χ3v) is 3.07. The van der Waals surface area contributed by atoms with Crippen molar-refractivity contribution >= 4 is 5.97 Å². The number of hydrogen-bond donors (Lipinski definition) is 1. The molecule has 0 fully saturated rings. The zero-order valence-electron chi connectivity index (χ0n) is 10.8. The largest absolute Gasteiger partial charge is 0.469 e. The van der Waals surface area contributed by atoms with Gasteiger partial charge in [-0.1, -0.05) is 37.3 Å². The second-order valence-corrected chi connectivity index (χ2v) is 4.34. The summed E-state index contributed by atoms with van der Waals surface area (Å²) in [5.74, 6) is -0.131. The van der Waals surface area contributed by atoms with Crippen LogP contribution < -0.4 is 5.32 Å². The average molecular weight is 236 g/mol. The van der Waals surface area contributed by atoms with Crippen LogP contribution >= 0.6 is 0 Å². The Morgan fingerprint density at radius 2 is 2.00 bits per heavy atom. The minimum Gasteiger partial charge on any atom is -0.469 e. The van der Waals surface area contributed by atoms with Crippen molar-refractivity contribution in [3.05, 3.63) is 35.9 Å². The Morgan fingerprint density at radius 1 is 1.35 bits per heavy atom. The van der Waals surface area contributed by atoms with Crippen LogP contribution in [0.4, 0.5) is 0 Å². The molecule has 2 unspecified atom stereocenters. The van der Waals surface area contributed by atoms with Crippen LogP contribution in [0.3, 0.4) is 0 Å². The van der Waals surface area contributed by atoms with Crippen molar-refractivity contribution in [2.24, 2.45) is 0 Å². The third-order valence-electron chi connectivity index (χ3n) is 3.07. The zero-order valence-corrected chi connectivity index (χ0v) is 10.8. The number of benzene rings is 1. The predicted molar refractivity (Wildman–Crippen MR) is 67.5 cm³/mol. The van der Waals surface area contributed by atoms with Crippen LogP contribution in [0.15, 0.2) is 30.3 Å². The van der Waals surface area contributed by atoms with Gasteiger partial charge in [-0.15, -0.1) is 0 Å². The normalized spacial score (nSPS) is 14.1. The smallest absolute Gasteiger partial charge is 0.311 e. The topological polar surface area (TPSA) is 42.9 Å². The molecule has 2 atom stereocenters. The highest BCUT2D eigenvalue weighted by atomic mass is 16.5. The summed E-state index contributed by atoms with van der Waals surface area (Å²) in [4.78, 5) is 11.3. The van der Waals surface area contributed by atoms with Gasteiger partial charge in [0.25, 0.3) is 0 Å². The monoisotopic (exact) mass is 236 g/mol. The highest BCUT2D eigenvalue weighted by Crippen LogP contribution is 2.07. The highest BCUT2D eigenvalue weighted by molar-refractivity contribution is 5.69. The maximum Gasteiger partial charge on any atom is 0.311 e. The number of carbonyl (C=O) groups is 1. The van der Waals surface area contributed by atoms with Gasteiger partial charge < -0.3 is 10.1 Å². The van der Waals surface area contributed by atoms with Gasteiger partial charge >= 0.3 is 5.97 Å². The summed E-state index contributed by atoms with van der Waals surface area (Å²) < 4.78 is 4.71. The van der Waals surface area contributed by atoms with Gasteiger partial charge in [-0.05, 0) is 13.3 Å². The van der Waals surface area contributed by atoms with Gasteiger partial charge in [0.1, 0.15) is 6.04 Å². The summed E-state index contributed by atoms with van der Waals surface area (Å²) >= 11 is 0. The molecule has 1 rings (SSSR count). The molecule has 0 saturated carbocycles. The van der Waals surface area contributed by atoms with E-state index in [1.54, 1.807) is 0 Å². The van der Waals surface area contributed by atoms with Gasteiger partial charge in [0.15, 0.2) is 0 Å². The van der Waals surface area contributed by atoms with E-state index in [4.69, 9.17) is 4.74 Å². The lowest BCUT2D eigenvalue weighted by Crippen LogP contribution is -2.90. The van der Waals surface area contributed by atoms with Crippen LogP contribution in [-0.2, 0) is 9.53 Å². The van der Waals surface area contributed by atoms with Crippen molar-refractivity contribution in [3.8, 4) is 0 Å². The molecule has 0 aliphatic carbocycles. The Morgan fingerprint density at radius 3 is 2.53 bits per heavy atom. The van der Waals surface area contributed by atoms with Gasteiger partial charge in [0.05, 0.1) is 19.6 Å². The van der Waals surface area contributed by atoms with Crippen LogP contribution in [0, 0.1) is 0 Å². The van der Waals surface area contributed by atoms with Gasteiger partial charge in [0.2, 0.25) is 0 Å². The molecule has 0 bridgehead atoms. The number of rotatable bonds is 6. The van der Waals surface area contributed by atoms with E-state index in [1.165, 1.54) is 12.7 Å². The Balaban J connectivity index is 2.53. The molecule has 0 radical (unpaired) electrons. The number of methoxy groups -OCH3 is 1. The first-order valence-corrected chi connectivity index (χ1v) is 6.14. The summed E-state index contributed by atoms with van der Waals surface area (Å²) in [5, 5.41) is 2.24. The molecule has 1 aromatic rings. The molecule has 0 aliphatic heterocycles. The maximum absolute atomic E-state index is 11.3. The van der Waals surface area contributed by atoms with Crippen LogP contribution in [-0.4, -0.2) is 19.1 Å². The fourth-order valence-corrected chi connectivity index (χ4v) is 1.92. The van der Waals surface area contributed by atoms with E-state index in [0.29, 0.717) is 12.5 Å². The summed E-state index contributed by atoms with van der Waals surface area (Å²) in [5.41, 5.74) is 1.29. The molecule has 17 heavy (non-hydrogen) atoms. The van der Waals surface area contributed by atoms with Crippen LogP contribution in [0.2, 0.25) is 0 Å². The second kappa shape index (κ2) is 7.07. The van der Waals surface area contributed by atoms with Crippen molar-refractivity contribution in [2.75, 3.05) is 7.11 Å². The molecule has 0 heterocycles. The summed E-state index contributed by atoms with van der Waals surface area (Å²) in [7, 11) is 1.44. The van der Waals surface area contributed by atoms with Crippen LogP contribution in [0.5, 0.6) is 0 Å². The number of carbonyl (C=O) groups excluding carboxylic acids is 1. The van der Waals surface area contributed by atoms with Crippen LogP contribution in [0.25, 0.3) is 0 Å². The maximum atomic E-state index is 11.3. The standard InChI is InChI=1S/C14H21NO2/c1-4-13(10-14(16)17-3)15-11(2)12-8-6-5-7-9-12/h5-9,11,13,15H,4,10H2,1-3H3/p+1. The Bertz CT molecular complexity index is 337. The number of nitrogens with two attached hydrogens (primary N) is 1.